The Labute approximate surface area is 383 Å². The van der Waals surface area contributed by atoms with Crippen molar-refractivity contribution in [2.45, 2.75) is 81.3 Å². The Kier molecular flexibility index (Phi) is 12.5. The second kappa shape index (κ2) is 18.6. The fourth-order valence-electron chi connectivity index (χ4n) is 9.67. The van der Waals surface area contributed by atoms with Gasteiger partial charge in [-0.3, -0.25) is 39.2 Å². The number of aryl methyl sites for hydroxylation is 3. The Balaban J connectivity index is 0.763. The van der Waals surface area contributed by atoms with Gasteiger partial charge in [-0.1, -0.05) is 48.0 Å². The summed E-state index contributed by atoms with van der Waals surface area (Å²) in [5.74, 6) is -2.39. The van der Waals surface area contributed by atoms with Crippen LogP contribution in [0.4, 0.5) is 17.1 Å². The zero-order valence-electron chi connectivity index (χ0n) is 36.5. The first-order chi connectivity index (χ1) is 31.9. The summed E-state index contributed by atoms with van der Waals surface area (Å²) in [5.41, 5.74) is 7.91. The van der Waals surface area contributed by atoms with Crippen LogP contribution in [0.2, 0.25) is 0 Å². The Hall–Kier alpha value is -6.75. The van der Waals surface area contributed by atoms with Crippen LogP contribution in [-0.2, 0) is 37.2 Å². The Morgan fingerprint density at radius 3 is 2.45 bits per heavy atom. The zero-order chi connectivity index (χ0) is 46.1. The van der Waals surface area contributed by atoms with Crippen molar-refractivity contribution in [1.29, 1.82) is 0 Å². The molecule has 9 rings (SSSR count). The molecule has 4 aliphatic heterocycles. The first-order valence-corrected chi connectivity index (χ1v) is 23.9. The molecule has 5 heterocycles. The van der Waals surface area contributed by atoms with Crippen molar-refractivity contribution >= 4 is 56.6 Å². The third-order valence-electron chi connectivity index (χ3n) is 13.1. The van der Waals surface area contributed by atoms with Crippen LogP contribution < -0.4 is 21.3 Å². The van der Waals surface area contributed by atoms with Crippen LogP contribution in [0.25, 0.3) is 11.1 Å². The van der Waals surface area contributed by atoms with Crippen LogP contribution in [-0.4, -0.2) is 89.0 Å². The van der Waals surface area contributed by atoms with Crippen molar-refractivity contribution in [3.8, 4) is 11.1 Å². The maximum Gasteiger partial charge on any atom is 0.264 e. The lowest BCUT2D eigenvalue weighted by molar-refractivity contribution is -0.136. The van der Waals surface area contributed by atoms with E-state index in [0.29, 0.717) is 56.6 Å². The lowest BCUT2D eigenvalue weighted by atomic mass is 9.82. The summed E-state index contributed by atoms with van der Waals surface area (Å²) in [6.45, 7) is 2.68. The molecule has 5 aromatic rings. The van der Waals surface area contributed by atoms with Crippen LogP contribution in [0.1, 0.15) is 87.7 Å². The molecule has 2 saturated heterocycles. The van der Waals surface area contributed by atoms with E-state index < -0.39 is 45.7 Å². The lowest BCUT2D eigenvalue weighted by Crippen LogP contribution is -2.54. The summed E-state index contributed by atoms with van der Waals surface area (Å²) in [7, 11) is -3.81. The summed E-state index contributed by atoms with van der Waals surface area (Å²) < 4.78 is 29.6. The van der Waals surface area contributed by atoms with E-state index in [1.165, 1.54) is 0 Å². The van der Waals surface area contributed by atoms with Gasteiger partial charge in [0.2, 0.25) is 27.7 Å². The number of carbonyl (C=O) groups is 5. The number of pyridine rings is 1. The van der Waals surface area contributed by atoms with Crippen molar-refractivity contribution in [2.24, 2.45) is 5.92 Å². The maximum absolute atomic E-state index is 14.0. The van der Waals surface area contributed by atoms with Crippen molar-refractivity contribution < 1.29 is 37.5 Å². The van der Waals surface area contributed by atoms with E-state index in [-0.39, 0.29) is 53.3 Å². The van der Waals surface area contributed by atoms with Gasteiger partial charge in [0.1, 0.15) is 6.04 Å². The molecule has 15 nitrogen and oxygen atoms in total. The number of carbonyl (C=O) groups excluding carboxylic acids is 5. The molecule has 4 aromatic carbocycles. The fourth-order valence-corrected chi connectivity index (χ4v) is 11.3. The first-order valence-electron chi connectivity index (χ1n) is 22.4. The van der Waals surface area contributed by atoms with E-state index in [2.05, 4.69) is 26.3 Å². The third kappa shape index (κ3) is 8.83. The number of amides is 5. The van der Waals surface area contributed by atoms with Gasteiger partial charge in [0.05, 0.1) is 34.7 Å². The van der Waals surface area contributed by atoms with Gasteiger partial charge in [-0.05, 0) is 122 Å². The highest BCUT2D eigenvalue weighted by molar-refractivity contribution is 7.89. The molecular formula is C50H51N7O8S. The van der Waals surface area contributed by atoms with E-state index in [1.54, 1.807) is 46.8 Å². The summed E-state index contributed by atoms with van der Waals surface area (Å²) in [6.07, 6.45) is 5.56. The Morgan fingerprint density at radius 1 is 0.879 bits per heavy atom. The number of hydrogen-bond donors (Lipinski definition) is 5. The van der Waals surface area contributed by atoms with Crippen LogP contribution >= 0.6 is 0 Å². The van der Waals surface area contributed by atoms with E-state index in [4.69, 9.17) is 0 Å². The second-order valence-electron chi connectivity index (χ2n) is 17.4. The van der Waals surface area contributed by atoms with E-state index >= 15 is 0 Å². The largest absolute Gasteiger partial charge is 0.394 e. The molecule has 4 atom stereocenters. The van der Waals surface area contributed by atoms with Crippen molar-refractivity contribution in [1.82, 2.24) is 19.5 Å². The number of imide groups is 2. The van der Waals surface area contributed by atoms with Crippen LogP contribution in [0.15, 0.2) is 108 Å². The predicted molar refractivity (Wildman–Crippen MR) is 248 cm³/mol. The number of aromatic nitrogens is 1. The molecule has 16 heteroatoms. The topological polar surface area (TPSA) is 207 Å². The number of fused-ring (bicyclic) bond motifs is 4. The number of nitrogens with zero attached hydrogens (tertiary/aromatic N) is 3. The van der Waals surface area contributed by atoms with Crippen LogP contribution in [0, 0.1) is 12.8 Å². The van der Waals surface area contributed by atoms with E-state index in [1.807, 2.05) is 67.7 Å². The molecule has 5 N–H and O–H groups in total. The Bertz CT molecular complexity index is 2830. The minimum Gasteiger partial charge on any atom is -0.394 e. The van der Waals surface area contributed by atoms with Crippen molar-refractivity contribution in [3.05, 3.63) is 137 Å². The molecule has 2 fully saturated rings. The van der Waals surface area contributed by atoms with E-state index in [0.717, 1.165) is 50.5 Å². The highest BCUT2D eigenvalue weighted by Crippen LogP contribution is 2.49. The molecule has 1 unspecified atom stereocenters. The lowest BCUT2D eigenvalue weighted by Gasteiger charge is -2.39. The molecule has 66 heavy (non-hydrogen) atoms. The second-order valence-corrected chi connectivity index (χ2v) is 19.3. The van der Waals surface area contributed by atoms with Crippen molar-refractivity contribution in [2.75, 3.05) is 35.6 Å². The van der Waals surface area contributed by atoms with Gasteiger partial charge in [-0.25, -0.2) is 8.42 Å². The average Bonchev–Trinajstić information content (AvgIpc) is 3.88. The molecular weight excluding hydrogens is 859 g/mol. The number of aliphatic hydroxyl groups is 1. The highest BCUT2D eigenvalue weighted by Gasteiger charge is 2.49. The standard InChI is InChI=1S/C50H51N7O8S/c1-30-13-18-36(19-14-30)66(64,65)56-25-23-37-42(29-58)54-40-20-16-33(27-39(40)47(37)56)32-7-2-9-35(26-32)53-44(59)12-3-8-34-17-15-31(28-52-34)6-5-24-51-41-11-4-10-38-46(41)50(63)57(49(38)62)43-21-22-45(60)55-48(43)61/h2,4,7,9-11,13-20,26-28,37,42-43,47,51,54,58H,3,5-6,8,12,21-25,29H2,1H3,(H,53,59)(H,55,60,61)/t37-,42+,43?,47-/m1/s1. The number of piperidine rings is 1. The van der Waals surface area contributed by atoms with Gasteiger partial charge >= 0.3 is 0 Å². The number of anilines is 3. The van der Waals surface area contributed by atoms with Gasteiger partial charge in [0.25, 0.3) is 11.8 Å². The number of aliphatic hydroxyl groups excluding tert-OH is 1. The minimum atomic E-state index is -3.81. The summed E-state index contributed by atoms with van der Waals surface area (Å²) in [5, 5.41) is 22.3. The molecule has 1 aromatic heterocycles. The van der Waals surface area contributed by atoms with E-state index in [9.17, 15) is 37.5 Å². The Morgan fingerprint density at radius 2 is 1.68 bits per heavy atom. The molecule has 0 aliphatic carbocycles. The SMILES string of the molecule is Cc1ccc(S(=O)(=O)N2CC[C@@H]3[C@H](CO)Nc4ccc(-c5cccc(NC(=O)CCCc6ccc(CCCNc7cccc8c7C(=O)N(C7CCC(=O)NC7=O)C8=O)cn6)c5)cc4[C@@H]32)cc1. The molecule has 0 spiro atoms. The highest BCUT2D eigenvalue weighted by atomic mass is 32.2. The summed E-state index contributed by atoms with van der Waals surface area (Å²) in [6, 6.07) is 27.7. The van der Waals surface area contributed by atoms with Crippen molar-refractivity contribution in [3.63, 3.8) is 0 Å². The smallest absolute Gasteiger partial charge is 0.264 e. The quantitative estimate of drug-likeness (QED) is 0.0608. The van der Waals surface area contributed by atoms with Gasteiger partial charge < -0.3 is 21.1 Å². The molecule has 0 bridgehead atoms. The van der Waals surface area contributed by atoms with Gasteiger partial charge in [0.15, 0.2) is 0 Å². The van der Waals surface area contributed by atoms with Crippen LogP contribution in [0.5, 0.6) is 0 Å². The number of sulfonamides is 1. The average molecular weight is 910 g/mol. The molecule has 0 radical (unpaired) electrons. The number of nitrogens with one attached hydrogen (secondary N) is 4. The molecule has 5 amide bonds. The summed E-state index contributed by atoms with van der Waals surface area (Å²) >= 11 is 0. The molecule has 340 valence electrons. The third-order valence-corrected chi connectivity index (χ3v) is 15.0. The maximum atomic E-state index is 14.0. The minimum absolute atomic E-state index is 0.0573. The van der Waals surface area contributed by atoms with Gasteiger partial charge in [-0.15, -0.1) is 0 Å². The monoisotopic (exact) mass is 909 g/mol. The van der Waals surface area contributed by atoms with Gasteiger partial charge in [0, 0.05) is 60.8 Å². The number of benzene rings is 4. The van der Waals surface area contributed by atoms with Gasteiger partial charge in [-0.2, -0.15) is 4.31 Å². The number of hydrogen-bond acceptors (Lipinski definition) is 11. The fraction of sp³-hybridized carbons (Fsp3) is 0.320. The first kappa shape index (κ1) is 44.5. The molecule has 4 aliphatic rings. The predicted octanol–water partition coefficient (Wildman–Crippen LogP) is 6.00. The molecule has 0 saturated carbocycles. The van der Waals surface area contributed by atoms with Crippen LogP contribution in [0.3, 0.4) is 0 Å². The zero-order valence-corrected chi connectivity index (χ0v) is 37.3. The number of rotatable bonds is 15. The normalized spacial score (nSPS) is 20.3. The summed E-state index contributed by atoms with van der Waals surface area (Å²) in [4.78, 5) is 69.6.